The second kappa shape index (κ2) is 8.93. The van der Waals surface area contributed by atoms with Crippen LogP contribution in [-0.2, 0) is 13.1 Å². The Balaban J connectivity index is 1.95. The summed E-state index contributed by atoms with van der Waals surface area (Å²) >= 11 is 3.49. The molecule has 2 N–H and O–H groups in total. The van der Waals surface area contributed by atoms with Crippen LogP contribution in [0.2, 0.25) is 0 Å². The van der Waals surface area contributed by atoms with Gasteiger partial charge in [-0.1, -0.05) is 12.1 Å². The van der Waals surface area contributed by atoms with E-state index in [2.05, 4.69) is 65.0 Å². The minimum absolute atomic E-state index is 0.667. The molecule has 23 heavy (non-hydrogen) atoms. The summed E-state index contributed by atoms with van der Waals surface area (Å²) < 4.78 is 0. The topological polar surface area (TPSA) is 49.3 Å². The van der Waals surface area contributed by atoms with Gasteiger partial charge in [0, 0.05) is 16.3 Å². The van der Waals surface area contributed by atoms with Gasteiger partial charge in [0.05, 0.1) is 18.8 Å². The fraction of sp³-hybridized carbons (Fsp3) is 0.412. The first kappa shape index (κ1) is 17.8. The average molecular weight is 349 g/mol. The van der Waals surface area contributed by atoms with Gasteiger partial charge in [0.2, 0.25) is 0 Å². The molecule has 0 aliphatic rings. The number of rotatable bonds is 6. The summed E-state index contributed by atoms with van der Waals surface area (Å²) in [6, 6.07) is 8.53. The van der Waals surface area contributed by atoms with Crippen LogP contribution in [0.15, 0.2) is 34.2 Å². The van der Waals surface area contributed by atoms with E-state index in [0.717, 1.165) is 23.2 Å². The third kappa shape index (κ3) is 5.55. The third-order valence-electron chi connectivity index (χ3n) is 3.40. The van der Waals surface area contributed by atoms with E-state index in [9.17, 15) is 0 Å². The van der Waals surface area contributed by atoms with Crippen LogP contribution in [0.3, 0.4) is 0 Å². The molecular weight excluding hydrogens is 324 g/mol. The molecule has 0 aliphatic heterocycles. The maximum absolute atomic E-state index is 4.65. The number of thioether (sulfide) groups is 1. The molecule has 0 saturated carbocycles. The average Bonchev–Trinajstić information content (AvgIpc) is 2.89. The standard InChI is InChI=1S/C17H24N4S2/c1-5-18-17(20-11-16-21-12(2)13(3)23-16)19-10-14-6-8-15(22-4)9-7-14/h6-9H,5,10-11H2,1-4H3,(H2,18,19,20). The highest BCUT2D eigenvalue weighted by atomic mass is 32.2. The van der Waals surface area contributed by atoms with E-state index in [1.165, 1.54) is 15.3 Å². The van der Waals surface area contributed by atoms with Crippen molar-refractivity contribution < 1.29 is 0 Å². The van der Waals surface area contributed by atoms with Crippen molar-refractivity contribution in [2.75, 3.05) is 12.8 Å². The summed E-state index contributed by atoms with van der Waals surface area (Å²) in [5.74, 6) is 0.826. The second-order valence-electron chi connectivity index (χ2n) is 5.15. The summed E-state index contributed by atoms with van der Waals surface area (Å²) in [5, 5.41) is 7.72. The Labute approximate surface area is 146 Å². The predicted molar refractivity (Wildman–Crippen MR) is 101 cm³/mol. The molecule has 0 amide bonds. The molecule has 1 aromatic heterocycles. The number of hydrogen-bond donors (Lipinski definition) is 2. The molecule has 0 atom stereocenters. The minimum Gasteiger partial charge on any atom is -0.357 e. The van der Waals surface area contributed by atoms with Crippen molar-refractivity contribution >= 4 is 29.1 Å². The third-order valence-corrected chi connectivity index (χ3v) is 5.22. The number of aryl methyl sites for hydroxylation is 2. The Morgan fingerprint density at radius 3 is 2.52 bits per heavy atom. The van der Waals surface area contributed by atoms with Crippen molar-refractivity contribution in [3.63, 3.8) is 0 Å². The summed E-state index contributed by atoms with van der Waals surface area (Å²) in [4.78, 5) is 11.7. The van der Waals surface area contributed by atoms with Gasteiger partial charge < -0.3 is 10.6 Å². The van der Waals surface area contributed by atoms with Crippen LogP contribution in [0, 0.1) is 13.8 Å². The van der Waals surface area contributed by atoms with Crippen molar-refractivity contribution in [3.05, 3.63) is 45.4 Å². The van der Waals surface area contributed by atoms with Gasteiger partial charge in [-0.2, -0.15) is 0 Å². The van der Waals surface area contributed by atoms with Crippen LogP contribution in [0.4, 0.5) is 0 Å². The van der Waals surface area contributed by atoms with E-state index in [1.54, 1.807) is 23.1 Å². The maximum atomic E-state index is 4.65. The lowest BCUT2D eigenvalue weighted by atomic mass is 10.2. The fourth-order valence-corrected chi connectivity index (χ4v) is 3.30. The molecule has 6 heteroatoms. The van der Waals surface area contributed by atoms with Crippen LogP contribution in [0.1, 0.15) is 28.1 Å². The number of benzene rings is 1. The van der Waals surface area contributed by atoms with E-state index in [1.807, 2.05) is 6.92 Å². The van der Waals surface area contributed by atoms with Crippen molar-refractivity contribution in [3.8, 4) is 0 Å². The zero-order valence-electron chi connectivity index (χ0n) is 14.1. The lowest BCUT2D eigenvalue weighted by Gasteiger charge is -2.10. The number of nitrogens with zero attached hydrogens (tertiary/aromatic N) is 2. The quantitative estimate of drug-likeness (QED) is 0.474. The fourth-order valence-electron chi connectivity index (χ4n) is 2.02. The van der Waals surface area contributed by atoms with Crippen LogP contribution in [0.25, 0.3) is 0 Å². The Kier molecular flexibility index (Phi) is 6.92. The van der Waals surface area contributed by atoms with Crippen LogP contribution in [0.5, 0.6) is 0 Å². The summed E-state index contributed by atoms with van der Waals surface area (Å²) in [7, 11) is 0. The Hall–Kier alpha value is -1.53. The molecule has 2 aromatic rings. The number of guanidine groups is 1. The second-order valence-corrected chi connectivity index (χ2v) is 7.31. The molecule has 4 nitrogen and oxygen atoms in total. The molecule has 2 rings (SSSR count). The predicted octanol–water partition coefficient (Wildman–Crippen LogP) is 3.74. The lowest BCUT2D eigenvalue weighted by Crippen LogP contribution is -2.36. The first-order chi connectivity index (χ1) is 11.1. The van der Waals surface area contributed by atoms with Crippen LogP contribution >= 0.6 is 23.1 Å². The molecule has 1 aromatic carbocycles. The molecule has 0 bridgehead atoms. The smallest absolute Gasteiger partial charge is 0.191 e. The summed E-state index contributed by atoms with van der Waals surface area (Å²) in [6.45, 7) is 8.44. The highest BCUT2D eigenvalue weighted by molar-refractivity contribution is 7.98. The van der Waals surface area contributed by atoms with Gasteiger partial charge in [-0.05, 0) is 44.7 Å². The van der Waals surface area contributed by atoms with Gasteiger partial charge >= 0.3 is 0 Å². The molecule has 1 heterocycles. The Morgan fingerprint density at radius 2 is 1.96 bits per heavy atom. The molecule has 0 spiro atoms. The number of hydrogen-bond acceptors (Lipinski definition) is 4. The number of aromatic nitrogens is 1. The Bertz CT molecular complexity index is 628. The lowest BCUT2D eigenvalue weighted by molar-refractivity contribution is 0.809. The SMILES string of the molecule is CCNC(=NCc1ccc(SC)cc1)NCc1nc(C)c(C)s1. The van der Waals surface area contributed by atoms with E-state index in [-0.39, 0.29) is 0 Å². The highest BCUT2D eigenvalue weighted by Gasteiger charge is 2.04. The van der Waals surface area contributed by atoms with Crippen LogP contribution < -0.4 is 10.6 Å². The van der Waals surface area contributed by atoms with E-state index in [0.29, 0.717) is 13.1 Å². The molecule has 0 fully saturated rings. The summed E-state index contributed by atoms with van der Waals surface area (Å²) in [5.41, 5.74) is 2.32. The molecule has 124 valence electrons. The number of nitrogens with one attached hydrogen (secondary N) is 2. The van der Waals surface area contributed by atoms with E-state index in [4.69, 9.17) is 0 Å². The molecule has 0 unspecified atom stereocenters. The number of aliphatic imine (C=N–C) groups is 1. The molecule has 0 radical (unpaired) electrons. The van der Waals surface area contributed by atoms with Gasteiger partial charge in [0.25, 0.3) is 0 Å². The maximum Gasteiger partial charge on any atom is 0.191 e. The molecule has 0 saturated heterocycles. The number of thiazole rings is 1. The van der Waals surface area contributed by atoms with E-state index < -0.39 is 0 Å². The van der Waals surface area contributed by atoms with Gasteiger partial charge in [-0.15, -0.1) is 23.1 Å². The highest BCUT2D eigenvalue weighted by Crippen LogP contribution is 2.16. The van der Waals surface area contributed by atoms with Crippen molar-refractivity contribution in [2.24, 2.45) is 4.99 Å². The summed E-state index contributed by atoms with van der Waals surface area (Å²) in [6.07, 6.45) is 2.09. The van der Waals surface area contributed by atoms with Gasteiger partial charge in [-0.3, -0.25) is 0 Å². The van der Waals surface area contributed by atoms with E-state index >= 15 is 0 Å². The van der Waals surface area contributed by atoms with Crippen molar-refractivity contribution in [1.82, 2.24) is 15.6 Å². The molecular formula is C17H24N4S2. The van der Waals surface area contributed by atoms with Crippen LogP contribution in [-0.4, -0.2) is 23.7 Å². The van der Waals surface area contributed by atoms with Crippen molar-refractivity contribution in [2.45, 2.75) is 38.8 Å². The minimum atomic E-state index is 0.667. The first-order valence-corrected chi connectivity index (χ1v) is 9.74. The van der Waals surface area contributed by atoms with Gasteiger partial charge in [-0.25, -0.2) is 9.98 Å². The first-order valence-electron chi connectivity index (χ1n) is 7.70. The largest absolute Gasteiger partial charge is 0.357 e. The van der Waals surface area contributed by atoms with Gasteiger partial charge in [0.15, 0.2) is 5.96 Å². The monoisotopic (exact) mass is 348 g/mol. The van der Waals surface area contributed by atoms with Crippen molar-refractivity contribution in [1.29, 1.82) is 0 Å². The zero-order valence-corrected chi connectivity index (χ0v) is 15.8. The normalized spacial score (nSPS) is 11.6. The van der Waals surface area contributed by atoms with Gasteiger partial charge in [0.1, 0.15) is 5.01 Å². The Morgan fingerprint density at radius 1 is 1.22 bits per heavy atom. The zero-order chi connectivity index (χ0) is 16.7. The molecule has 0 aliphatic carbocycles.